The second-order valence-corrected chi connectivity index (χ2v) is 5.75. The predicted molar refractivity (Wildman–Crippen MR) is 81.8 cm³/mol. The van der Waals surface area contributed by atoms with Gasteiger partial charge in [-0.1, -0.05) is 12.1 Å². The van der Waals surface area contributed by atoms with Crippen molar-refractivity contribution in [3.63, 3.8) is 0 Å². The van der Waals surface area contributed by atoms with E-state index >= 15 is 0 Å². The summed E-state index contributed by atoms with van der Waals surface area (Å²) in [5, 5.41) is 0. The van der Waals surface area contributed by atoms with Crippen molar-refractivity contribution in [1.82, 2.24) is 10.4 Å². The van der Waals surface area contributed by atoms with Gasteiger partial charge in [0.05, 0.1) is 18.8 Å². The highest BCUT2D eigenvalue weighted by Gasteiger charge is 2.22. The highest BCUT2D eigenvalue weighted by molar-refractivity contribution is 9.11. The molecule has 0 aliphatic rings. The lowest BCUT2D eigenvalue weighted by Gasteiger charge is -2.19. The van der Waals surface area contributed by atoms with E-state index in [0.29, 0.717) is 11.3 Å². The summed E-state index contributed by atoms with van der Waals surface area (Å²) in [4.78, 5) is 4.28. The van der Waals surface area contributed by atoms with Crippen molar-refractivity contribution in [2.45, 2.75) is 6.04 Å². The summed E-state index contributed by atoms with van der Waals surface area (Å²) in [7, 11) is 1.42. The summed E-state index contributed by atoms with van der Waals surface area (Å²) in [5.41, 5.74) is 3.53. The third-order valence-electron chi connectivity index (χ3n) is 2.80. The maximum absolute atomic E-state index is 14.3. The number of hydrazine groups is 1. The van der Waals surface area contributed by atoms with Crippen LogP contribution in [0.15, 0.2) is 39.4 Å². The number of aromatic nitrogens is 1. The third kappa shape index (κ3) is 3.01. The molecule has 106 valence electrons. The standard InChI is InChI=1S/C13H12Br2FN3O/c1-20-10-4-2-3-8(11(10)16)12(19-17)13-9(15)5-7(14)6-18-13/h2-6,12,19H,17H2,1H3. The van der Waals surface area contributed by atoms with Crippen LogP contribution in [0.2, 0.25) is 0 Å². The molecule has 0 saturated carbocycles. The Morgan fingerprint density at radius 3 is 2.75 bits per heavy atom. The molecule has 0 aliphatic heterocycles. The van der Waals surface area contributed by atoms with Crippen LogP contribution in [-0.4, -0.2) is 12.1 Å². The molecule has 0 bridgehead atoms. The Labute approximate surface area is 132 Å². The van der Waals surface area contributed by atoms with Gasteiger partial charge in [0.25, 0.3) is 0 Å². The topological polar surface area (TPSA) is 60.2 Å². The molecule has 0 fully saturated rings. The van der Waals surface area contributed by atoms with Gasteiger partial charge in [0.15, 0.2) is 11.6 Å². The summed E-state index contributed by atoms with van der Waals surface area (Å²) in [5.74, 6) is 5.27. The number of ether oxygens (including phenoxy) is 1. The minimum Gasteiger partial charge on any atom is -0.494 e. The number of hydrogen-bond acceptors (Lipinski definition) is 4. The molecule has 2 rings (SSSR count). The first-order valence-electron chi connectivity index (χ1n) is 5.68. The van der Waals surface area contributed by atoms with E-state index in [1.54, 1.807) is 24.4 Å². The Hall–Kier alpha value is -1.02. The van der Waals surface area contributed by atoms with Crippen LogP contribution < -0.4 is 16.0 Å². The summed E-state index contributed by atoms with van der Waals surface area (Å²) in [6, 6.07) is 6.13. The Kier molecular flexibility index (Phi) is 5.09. The molecule has 4 nitrogen and oxygen atoms in total. The zero-order valence-corrected chi connectivity index (χ0v) is 13.7. The van der Waals surface area contributed by atoms with E-state index in [2.05, 4.69) is 42.3 Å². The zero-order valence-electron chi connectivity index (χ0n) is 10.5. The molecule has 0 amide bonds. The Balaban J connectivity index is 2.52. The number of nitrogens with one attached hydrogen (secondary N) is 1. The molecule has 1 heterocycles. The Bertz CT molecular complexity index is 625. The van der Waals surface area contributed by atoms with E-state index in [4.69, 9.17) is 10.6 Å². The molecule has 20 heavy (non-hydrogen) atoms. The van der Waals surface area contributed by atoms with Gasteiger partial charge in [-0.15, -0.1) is 0 Å². The second-order valence-electron chi connectivity index (χ2n) is 3.98. The molecule has 2 aromatic rings. The minimum atomic E-state index is -0.590. The molecule has 3 N–H and O–H groups in total. The van der Waals surface area contributed by atoms with Crippen molar-refractivity contribution in [2.24, 2.45) is 5.84 Å². The molecule has 1 aromatic heterocycles. The van der Waals surface area contributed by atoms with E-state index in [-0.39, 0.29) is 5.75 Å². The summed E-state index contributed by atoms with van der Waals surface area (Å²) in [6.45, 7) is 0. The smallest absolute Gasteiger partial charge is 0.170 e. The SMILES string of the molecule is COc1cccc(C(NN)c2ncc(Br)cc2Br)c1F. The van der Waals surface area contributed by atoms with Crippen LogP contribution in [0, 0.1) is 5.82 Å². The van der Waals surface area contributed by atoms with Crippen LogP contribution in [0.25, 0.3) is 0 Å². The summed E-state index contributed by atoms with van der Waals surface area (Å²) in [6.07, 6.45) is 1.63. The van der Waals surface area contributed by atoms with Crippen LogP contribution in [0.1, 0.15) is 17.3 Å². The van der Waals surface area contributed by atoms with Gasteiger partial charge in [-0.25, -0.2) is 9.82 Å². The number of pyridine rings is 1. The highest BCUT2D eigenvalue weighted by atomic mass is 79.9. The fraction of sp³-hybridized carbons (Fsp3) is 0.154. The van der Waals surface area contributed by atoms with Crippen molar-refractivity contribution in [2.75, 3.05) is 7.11 Å². The first-order chi connectivity index (χ1) is 9.58. The van der Waals surface area contributed by atoms with E-state index in [0.717, 1.165) is 8.95 Å². The largest absolute Gasteiger partial charge is 0.494 e. The van der Waals surface area contributed by atoms with Crippen molar-refractivity contribution in [3.8, 4) is 5.75 Å². The molecule has 1 atom stereocenters. The fourth-order valence-corrected chi connectivity index (χ4v) is 3.08. The van der Waals surface area contributed by atoms with Crippen molar-refractivity contribution in [3.05, 3.63) is 56.5 Å². The first-order valence-corrected chi connectivity index (χ1v) is 7.26. The molecule has 0 aliphatic carbocycles. The van der Waals surface area contributed by atoms with E-state index in [1.807, 2.05) is 6.07 Å². The van der Waals surface area contributed by atoms with E-state index in [9.17, 15) is 4.39 Å². The monoisotopic (exact) mass is 403 g/mol. The average Bonchev–Trinajstić information content (AvgIpc) is 2.43. The van der Waals surface area contributed by atoms with E-state index in [1.165, 1.54) is 7.11 Å². The molecule has 7 heteroatoms. The van der Waals surface area contributed by atoms with Gasteiger partial charge >= 0.3 is 0 Å². The van der Waals surface area contributed by atoms with Gasteiger partial charge in [-0.05, 0) is 44.0 Å². The number of hydrogen-bond donors (Lipinski definition) is 2. The van der Waals surface area contributed by atoms with Gasteiger partial charge in [-0.3, -0.25) is 10.8 Å². The number of benzene rings is 1. The second kappa shape index (κ2) is 6.62. The minimum absolute atomic E-state index is 0.163. The average molecular weight is 405 g/mol. The van der Waals surface area contributed by atoms with Crippen LogP contribution >= 0.6 is 31.9 Å². The van der Waals surface area contributed by atoms with Crippen LogP contribution in [-0.2, 0) is 0 Å². The first kappa shape index (κ1) is 15.4. The van der Waals surface area contributed by atoms with Crippen LogP contribution in [0.5, 0.6) is 5.75 Å². The highest BCUT2D eigenvalue weighted by Crippen LogP contribution is 2.32. The molecule has 0 radical (unpaired) electrons. The zero-order chi connectivity index (χ0) is 14.7. The maximum Gasteiger partial charge on any atom is 0.170 e. The van der Waals surface area contributed by atoms with Crippen molar-refractivity contribution >= 4 is 31.9 Å². The number of nitrogens with two attached hydrogens (primary N) is 1. The predicted octanol–water partition coefficient (Wildman–Crippen LogP) is 3.31. The van der Waals surface area contributed by atoms with Crippen molar-refractivity contribution in [1.29, 1.82) is 0 Å². The number of halogens is 3. The molecule has 1 aromatic carbocycles. The Morgan fingerprint density at radius 1 is 1.40 bits per heavy atom. The lowest BCUT2D eigenvalue weighted by atomic mass is 10.0. The number of nitrogens with zero attached hydrogens (tertiary/aromatic N) is 1. The normalized spacial score (nSPS) is 12.2. The fourth-order valence-electron chi connectivity index (χ4n) is 1.86. The van der Waals surface area contributed by atoms with Crippen LogP contribution in [0.4, 0.5) is 4.39 Å². The van der Waals surface area contributed by atoms with Gasteiger partial charge in [0, 0.05) is 20.7 Å². The molecule has 0 saturated heterocycles. The quantitative estimate of drug-likeness (QED) is 0.606. The van der Waals surface area contributed by atoms with Gasteiger partial charge in [0.2, 0.25) is 0 Å². The molecule has 0 spiro atoms. The Morgan fingerprint density at radius 2 is 2.15 bits per heavy atom. The molecular formula is C13H12Br2FN3O. The number of methoxy groups -OCH3 is 1. The number of rotatable bonds is 4. The van der Waals surface area contributed by atoms with Gasteiger partial charge < -0.3 is 4.74 Å². The van der Waals surface area contributed by atoms with Gasteiger partial charge in [0.1, 0.15) is 0 Å². The maximum atomic E-state index is 14.3. The van der Waals surface area contributed by atoms with E-state index < -0.39 is 11.9 Å². The summed E-state index contributed by atoms with van der Waals surface area (Å²) < 4.78 is 20.9. The lowest BCUT2D eigenvalue weighted by Crippen LogP contribution is -2.30. The third-order valence-corrected chi connectivity index (χ3v) is 3.87. The van der Waals surface area contributed by atoms with Crippen LogP contribution in [0.3, 0.4) is 0 Å². The molecule has 1 unspecified atom stereocenters. The van der Waals surface area contributed by atoms with Gasteiger partial charge in [-0.2, -0.15) is 0 Å². The van der Waals surface area contributed by atoms with Crippen molar-refractivity contribution < 1.29 is 9.13 Å². The molecular weight excluding hydrogens is 393 g/mol. The summed E-state index contributed by atoms with van der Waals surface area (Å²) >= 11 is 6.73. The lowest BCUT2D eigenvalue weighted by molar-refractivity contribution is 0.381.